The first-order valence-electron chi connectivity index (χ1n) is 20.7. The summed E-state index contributed by atoms with van der Waals surface area (Å²) in [5.41, 5.74) is 14.8. The number of benzene rings is 1. The Kier molecular flexibility index (Phi) is 11.7. The minimum Gasteiger partial charge on any atom is -0.452 e. The number of fused-ring (bicyclic) bond motifs is 6. The van der Waals surface area contributed by atoms with Gasteiger partial charge in [-0.3, -0.25) is 4.79 Å². The van der Waals surface area contributed by atoms with Gasteiger partial charge in [0.15, 0.2) is 0 Å². The third kappa shape index (κ3) is 7.29. The SMILES string of the molecule is Cc1c(C)c2c(c(C)c1OC(=O)[C@@H](N)CCCCN)CCC(C)(OC(=O)CCC(C)[C@H]1CC[C@H]3[C@@H]4[C@H](O)C[C@@H]5C[C@H](O)CC[C@]5(C)[C@H]4C[C@H](O)[C@]13C)O2. The molecule has 13 atom stereocenters. The van der Waals surface area contributed by atoms with E-state index in [-0.39, 0.29) is 58.9 Å². The van der Waals surface area contributed by atoms with Crippen molar-refractivity contribution in [3.63, 3.8) is 0 Å². The van der Waals surface area contributed by atoms with Crippen molar-refractivity contribution >= 4 is 11.9 Å². The zero-order valence-electron chi connectivity index (χ0n) is 33.4. The number of nitrogens with two attached hydrogens (primary N) is 2. The molecule has 0 aromatic heterocycles. The molecule has 0 saturated heterocycles. The van der Waals surface area contributed by atoms with Crippen LogP contribution in [0, 0.1) is 67.1 Å². The molecule has 7 N–H and O–H groups in total. The number of carbonyl (C=O) groups is 2. The molecule has 4 saturated carbocycles. The fourth-order valence-corrected chi connectivity index (χ4v) is 12.2. The summed E-state index contributed by atoms with van der Waals surface area (Å²) in [7, 11) is 0. The van der Waals surface area contributed by atoms with E-state index in [9.17, 15) is 24.9 Å². The fourth-order valence-electron chi connectivity index (χ4n) is 12.2. The van der Waals surface area contributed by atoms with Crippen LogP contribution in [-0.4, -0.2) is 63.9 Å². The number of hydrogen-bond donors (Lipinski definition) is 5. The van der Waals surface area contributed by atoms with Crippen LogP contribution in [0.4, 0.5) is 0 Å². The van der Waals surface area contributed by atoms with Gasteiger partial charge in [-0.15, -0.1) is 0 Å². The molecule has 10 nitrogen and oxygen atoms in total. The Morgan fingerprint density at radius 3 is 2.38 bits per heavy atom. The second kappa shape index (κ2) is 15.4. The maximum absolute atomic E-state index is 13.5. The lowest BCUT2D eigenvalue weighted by atomic mass is 9.43. The Balaban J connectivity index is 1.07. The average molecular weight is 741 g/mol. The van der Waals surface area contributed by atoms with Gasteiger partial charge in [0.05, 0.1) is 18.3 Å². The lowest BCUT2D eigenvalue weighted by molar-refractivity contribution is -0.207. The highest BCUT2D eigenvalue weighted by Gasteiger charge is 2.65. The van der Waals surface area contributed by atoms with E-state index in [1.54, 1.807) is 0 Å². The van der Waals surface area contributed by atoms with Crippen LogP contribution >= 0.6 is 0 Å². The smallest absolute Gasteiger partial charge is 0.328 e. The molecule has 10 heteroatoms. The van der Waals surface area contributed by atoms with E-state index in [0.29, 0.717) is 56.1 Å². The van der Waals surface area contributed by atoms with Gasteiger partial charge in [-0.05, 0) is 161 Å². The van der Waals surface area contributed by atoms with Gasteiger partial charge < -0.3 is 41.0 Å². The largest absolute Gasteiger partial charge is 0.452 e. The predicted molar refractivity (Wildman–Crippen MR) is 203 cm³/mol. The van der Waals surface area contributed by atoms with Gasteiger partial charge in [0.25, 0.3) is 5.79 Å². The van der Waals surface area contributed by atoms with Gasteiger partial charge in [0.1, 0.15) is 17.5 Å². The van der Waals surface area contributed by atoms with Gasteiger partial charge in [-0.2, -0.15) is 0 Å². The molecule has 0 amide bonds. The highest BCUT2D eigenvalue weighted by atomic mass is 16.7. The highest BCUT2D eigenvalue weighted by molar-refractivity contribution is 5.79. The second-order valence-corrected chi connectivity index (χ2v) is 18.6. The second-order valence-electron chi connectivity index (χ2n) is 18.6. The molecule has 53 heavy (non-hydrogen) atoms. The van der Waals surface area contributed by atoms with Crippen molar-refractivity contribution in [2.24, 2.45) is 57.8 Å². The van der Waals surface area contributed by atoms with Crippen LogP contribution in [0.2, 0.25) is 0 Å². The highest BCUT2D eigenvalue weighted by Crippen LogP contribution is 2.68. The Morgan fingerprint density at radius 1 is 0.925 bits per heavy atom. The van der Waals surface area contributed by atoms with Crippen LogP contribution in [0.3, 0.4) is 0 Å². The van der Waals surface area contributed by atoms with Gasteiger partial charge >= 0.3 is 11.9 Å². The normalized spacial score (nSPS) is 38.7. The Hall–Kier alpha value is -2.24. The van der Waals surface area contributed by atoms with Crippen molar-refractivity contribution in [1.82, 2.24) is 0 Å². The van der Waals surface area contributed by atoms with Crippen LogP contribution in [0.5, 0.6) is 11.5 Å². The van der Waals surface area contributed by atoms with Crippen molar-refractivity contribution in [2.75, 3.05) is 6.54 Å². The minimum absolute atomic E-state index is 0.0419. The molecule has 2 unspecified atom stereocenters. The topological polar surface area (TPSA) is 175 Å². The van der Waals surface area contributed by atoms with Crippen molar-refractivity contribution in [3.05, 3.63) is 22.3 Å². The van der Waals surface area contributed by atoms with Gasteiger partial charge in [0, 0.05) is 25.3 Å². The zero-order chi connectivity index (χ0) is 38.6. The maximum atomic E-state index is 13.5. The molecule has 4 fully saturated rings. The lowest BCUT2D eigenvalue weighted by Gasteiger charge is -2.63. The molecular weight excluding hydrogens is 672 g/mol. The van der Waals surface area contributed by atoms with E-state index in [1.807, 2.05) is 27.7 Å². The number of carbonyl (C=O) groups excluding carboxylic acids is 2. The molecule has 4 aliphatic carbocycles. The van der Waals surface area contributed by atoms with Crippen LogP contribution in [0.15, 0.2) is 0 Å². The molecule has 0 radical (unpaired) electrons. The molecule has 6 rings (SSSR count). The Morgan fingerprint density at radius 2 is 1.66 bits per heavy atom. The molecule has 0 bridgehead atoms. The minimum atomic E-state index is -1.13. The molecule has 298 valence electrons. The number of unbranched alkanes of at least 4 members (excludes halogenated alkanes) is 1. The summed E-state index contributed by atoms with van der Waals surface area (Å²) in [6.45, 7) is 15.0. The third-order valence-electron chi connectivity index (χ3n) is 15.6. The molecule has 1 heterocycles. The average Bonchev–Trinajstić information content (AvgIpc) is 3.47. The van der Waals surface area contributed by atoms with Crippen LogP contribution in [-0.2, 0) is 20.7 Å². The summed E-state index contributed by atoms with van der Waals surface area (Å²) >= 11 is 0. The quantitative estimate of drug-likeness (QED) is 0.104. The molecule has 0 spiro atoms. The molecular formula is C43H68N2O8. The van der Waals surface area contributed by atoms with E-state index >= 15 is 0 Å². The summed E-state index contributed by atoms with van der Waals surface area (Å²) < 4.78 is 18.4. The monoisotopic (exact) mass is 740 g/mol. The summed E-state index contributed by atoms with van der Waals surface area (Å²) in [5, 5.41) is 34.0. The molecule has 1 aromatic carbocycles. The number of aliphatic hydroxyl groups is 3. The van der Waals surface area contributed by atoms with E-state index in [0.717, 1.165) is 73.6 Å². The van der Waals surface area contributed by atoms with Crippen LogP contribution in [0.25, 0.3) is 0 Å². The van der Waals surface area contributed by atoms with E-state index < -0.39 is 30.0 Å². The summed E-state index contributed by atoms with van der Waals surface area (Å²) in [6, 6.07) is -0.717. The first kappa shape index (κ1) is 40.4. The zero-order valence-corrected chi connectivity index (χ0v) is 33.4. The number of aliphatic hydroxyl groups excluding tert-OH is 3. The Bertz CT molecular complexity index is 1530. The molecule has 1 aromatic rings. The van der Waals surface area contributed by atoms with Gasteiger partial charge in [0.2, 0.25) is 0 Å². The molecule has 1 aliphatic heterocycles. The van der Waals surface area contributed by atoms with Crippen molar-refractivity contribution in [2.45, 2.75) is 168 Å². The van der Waals surface area contributed by atoms with Crippen LogP contribution < -0.4 is 20.9 Å². The molecule has 5 aliphatic rings. The third-order valence-corrected chi connectivity index (χ3v) is 15.6. The number of ether oxygens (including phenoxy) is 3. The van der Waals surface area contributed by atoms with Crippen molar-refractivity contribution < 1.29 is 39.1 Å². The fraction of sp³-hybridized carbons (Fsp3) is 0.814. The first-order valence-corrected chi connectivity index (χ1v) is 20.7. The standard InChI is InChI=1S/C43H68N2O8/c1-23(30-12-13-31-37-32(22-35(48)43(30,31)7)41(5)17-15-28(46)20-27(41)21-34(37)47)11-14-36(49)52-42(6)18-16-29-26(4)38(24(2)25(3)39(29)53-42)51-40(50)33(45)10-8-9-19-44/h23,27-28,30-35,37,46-48H,8-22,44-45H2,1-7H3/t23?,27-,28+,30+,31-,32-,33-,34+,35-,37-,41-,42?,43+/m0/s1. The predicted octanol–water partition coefficient (Wildman–Crippen LogP) is 5.94. The lowest BCUT2D eigenvalue weighted by Crippen LogP contribution is -2.62. The van der Waals surface area contributed by atoms with E-state index in [2.05, 4.69) is 20.8 Å². The van der Waals surface area contributed by atoms with Crippen LogP contribution in [0.1, 0.15) is 133 Å². The number of rotatable bonds is 11. The van der Waals surface area contributed by atoms with Gasteiger partial charge in [-0.1, -0.05) is 27.2 Å². The first-order chi connectivity index (χ1) is 24.9. The summed E-state index contributed by atoms with van der Waals surface area (Å²) in [5.74, 6) is 0.707. The number of esters is 2. The van der Waals surface area contributed by atoms with Gasteiger partial charge in [-0.25, -0.2) is 4.79 Å². The van der Waals surface area contributed by atoms with Crippen molar-refractivity contribution in [1.29, 1.82) is 0 Å². The number of hydrogen-bond acceptors (Lipinski definition) is 10. The summed E-state index contributed by atoms with van der Waals surface area (Å²) in [4.78, 5) is 26.3. The maximum Gasteiger partial charge on any atom is 0.328 e. The van der Waals surface area contributed by atoms with Crippen molar-refractivity contribution in [3.8, 4) is 11.5 Å². The van der Waals surface area contributed by atoms with E-state index in [4.69, 9.17) is 25.7 Å². The van der Waals surface area contributed by atoms with E-state index in [1.165, 1.54) is 0 Å². The Labute approximate surface area is 317 Å². The summed E-state index contributed by atoms with van der Waals surface area (Å²) in [6.07, 6.45) is 8.85.